The average Bonchev–Trinajstić information content (AvgIpc) is 2.40. The smallest absolute Gasteiger partial charge is 0.305 e. The molecule has 0 saturated heterocycles. The number of ether oxygens (including phenoxy) is 1. The van der Waals surface area contributed by atoms with Gasteiger partial charge in [0.25, 0.3) is 0 Å². The van der Waals surface area contributed by atoms with Crippen molar-refractivity contribution in [3.8, 4) is 0 Å². The van der Waals surface area contributed by atoms with E-state index in [-0.39, 0.29) is 29.0 Å². The molecule has 112 valence electrons. The van der Waals surface area contributed by atoms with Gasteiger partial charge in [0, 0.05) is 19.2 Å². The van der Waals surface area contributed by atoms with E-state index in [2.05, 4.69) is 14.4 Å². The molecule has 0 aliphatic carbocycles. The van der Waals surface area contributed by atoms with Crippen molar-refractivity contribution >= 4 is 27.6 Å². The average molecular weight is 321 g/mol. The largest absolute Gasteiger partial charge is 0.469 e. The first-order valence-corrected chi connectivity index (χ1v) is 7.91. The van der Waals surface area contributed by atoms with Crippen molar-refractivity contribution in [2.75, 3.05) is 13.7 Å². The van der Waals surface area contributed by atoms with Gasteiger partial charge in [-0.1, -0.05) is 11.6 Å². The van der Waals surface area contributed by atoms with Crippen molar-refractivity contribution in [3.05, 3.63) is 23.0 Å². The summed E-state index contributed by atoms with van der Waals surface area (Å²) in [4.78, 5) is 14.8. The molecule has 0 radical (unpaired) electrons. The van der Waals surface area contributed by atoms with Gasteiger partial charge in [-0.3, -0.25) is 4.79 Å². The SMILES string of the molecule is COC(=O)CCCCNS(=O)(=O)c1cnc(Cl)c(C)c1. The number of rotatable bonds is 7. The molecule has 0 atom stereocenters. The first kappa shape index (κ1) is 16.9. The van der Waals surface area contributed by atoms with Crippen LogP contribution in [0.4, 0.5) is 0 Å². The predicted octanol–water partition coefficient (Wildman–Crippen LogP) is 1.67. The maximum atomic E-state index is 12.0. The molecule has 1 rings (SSSR count). The number of unbranched alkanes of at least 4 members (excludes halogenated alkanes) is 1. The monoisotopic (exact) mass is 320 g/mol. The summed E-state index contributed by atoms with van der Waals surface area (Å²) in [5, 5.41) is 0.280. The Bertz CT molecular complexity index is 575. The van der Waals surface area contributed by atoms with Gasteiger partial charge < -0.3 is 4.74 Å². The number of nitrogens with zero attached hydrogens (tertiary/aromatic N) is 1. The lowest BCUT2D eigenvalue weighted by atomic mass is 10.2. The summed E-state index contributed by atoms with van der Waals surface area (Å²) < 4.78 is 30.9. The van der Waals surface area contributed by atoms with Crippen molar-refractivity contribution < 1.29 is 17.9 Å². The first-order chi connectivity index (χ1) is 9.36. The Labute approximate surface area is 123 Å². The minimum Gasteiger partial charge on any atom is -0.469 e. The molecule has 0 aromatic carbocycles. The molecule has 1 heterocycles. The number of halogens is 1. The fraction of sp³-hybridized carbons (Fsp3) is 0.500. The highest BCUT2D eigenvalue weighted by Crippen LogP contribution is 2.16. The van der Waals surface area contributed by atoms with Crippen LogP contribution in [0.25, 0.3) is 0 Å². The van der Waals surface area contributed by atoms with E-state index < -0.39 is 10.0 Å². The maximum absolute atomic E-state index is 12.0. The van der Waals surface area contributed by atoms with Crippen molar-refractivity contribution in [3.63, 3.8) is 0 Å². The van der Waals surface area contributed by atoms with Crippen LogP contribution in [0.3, 0.4) is 0 Å². The molecule has 8 heteroatoms. The molecule has 1 aromatic rings. The minimum absolute atomic E-state index is 0.0763. The van der Waals surface area contributed by atoms with E-state index in [1.807, 2.05) is 0 Å². The fourth-order valence-electron chi connectivity index (χ4n) is 1.47. The third kappa shape index (κ3) is 5.07. The molecule has 1 N–H and O–H groups in total. The zero-order chi connectivity index (χ0) is 15.2. The summed E-state index contributed by atoms with van der Waals surface area (Å²) >= 11 is 5.75. The molecule has 6 nitrogen and oxygen atoms in total. The molecule has 0 amide bonds. The standard InChI is InChI=1S/C12H17ClN2O4S/c1-9-7-10(8-14-12(9)13)20(17,18)15-6-4-3-5-11(16)19-2/h7-8,15H,3-6H2,1-2H3. The van der Waals surface area contributed by atoms with E-state index in [4.69, 9.17) is 11.6 Å². The molecule has 0 aliphatic rings. The number of nitrogens with one attached hydrogen (secondary N) is 1. The summed E-state index contributed by atoms with van der Waals surface area (Å²) in [5.41, 5.74) is 0.597. The Balaban J connectivity index is 2.49. The number of aromatic nitrogens is 1. The number of esters is 1. The molecular formula is C12H17ClN2O4S. The summed E-state index contributed by atoms with van der Waals surface area (Å²) in [6.45, 7) is 1.94. The second kappa shape index (κ2) is 7.56. The Morgan fingerprint density at radius 1 is 1.45 bits per heavy atom. The topological polar surface area (TPSA) is 85.4 Å². The van der Waals surface area contributed by atoms with Crippen LogP contribution in [0.1, 0.15) is 24.8 Å². The van der Waals surface area contributed by atoms with Crippen LogP contribution in [0, 0.1) is 6.92 Å². The molecule has 0 bridgehead atoms. The number of hydrogen-bond donors (Lipinski definition) is 1. The molecule has 0 aliphatic heterocycles. The molecule has 0 unspecified atom stereocenters. The fourth-order valence-corrected chi connectivity index (χ4v) is 2.67. The predicted molar refractivity (Wildman–Crippen MR) is 75.0 cm³/mol. The van der Waals surface area contributed by atoms with Crippen molar-refractivity contribution in [2.45, 2.75) is 31.1 Å². The lowest BCUT2D eigenvalue weighted by Gasteiger charge is -2.07. The maximum Gasteiger partial charge on any atom is 0.305 e. The van der Waals surface area contributed by atoms with Gasteiger partial charge in [-0.15, -0.1) is 0 Å². The summed E-state index contributed by atoms with van der Waals surface area (Å²) in [7, 11) is -2.27. The lowest BCUT2D eigenvalue weighted by Crippen LogP contribution is -2.25. The number of hydrogen-bond acceptors (Lipinski definition) is 5. The molecular weight excluding hydrogens is 304 g/mol. The third-order valence-corrected chi connectivity index (χ3v) is 4.45. The molecule has 20 heavy (non-hydrogen) atoms. The zero-order valence-corrected chi connectivity index (χ0v) is 12.9. The number of carbonyl (C=O) groups is 1. The molecule has 0 fully saturated rings. The van der Waals surface area contributed by atoms with E-state index in [1.165, 1.54) is 19.4 Å². The Morgan fingerprint density at radius 3 is 2.75 bits per heavy atom. The van der Waals surface area contributed by atoms with Crippen LogP contribution in [-0.2, 0) is 19.6 Å². The van der Waals surface area contributed by atoms with Gasteiger partial charge in [-0.05, 0) is 31.4 Å². The zero-order valence-electron chi connectivity index (χ0n) is 11.3. The van der Waals surface area contributed by atoms with E-state index in [9.17, 15) is 13.2 Å². The summed E-state index contributed by atoms with van der Waals surface area (Å²) in [6, 6.07) is 1.46. The lowest BCUT2D eigenvalue weighted by molar-refractivity contribution is -0.140. The number of carbonyl (C=O) groups excluding carboxylic acids is 1. The Hall–Kier alpha value is -1.18. The Kier molecular flexibility index (Phi) is 6.38. The number of methoxy groups -OCH3 is 1. The van der Waals surface area contributed by atoms with Gasteiger partial charge in [0.2, 0.25) is 10.0 Å². The van der Waals surface area contributed by atoms with E-state index >= 15 is 0 Å². The van der Waals surface area contributed by atoms with Crippen LogP contribution in [0.5, 0.6) is 0 Å². The van der Waals surface area contributed by atoms with Crippen LogP contribution < -0.4 is 4.72 Å². The van der Waals surface area contributed by atoms with Crippen LogP contribution in [0.2, 0.25) is 5.15 Å². The van der Waals surface area contributed by atoms with Crippen LogP contribution in [0.15, 0.2) is 17.2 Å². The van der Waals surface area contributed by atoms with Crippen molar-refractivity contribution in [2.24, 2.45) is 0 Å². The number of pyridine rings is 1. The van der Waals surface area contributed by atoms with Crippen molar-refractivity contribution in [1.29, 1.82) is 0 Å². The minimum atomic E-state index is -3.59. The van der Waals surface area contributed by atoms with Gasteiger partial charge in [-0.2, -0.15) is 0 Å². The van der Waals surface area contributed by atoms with Crippen LogP contribution >= 0.6 is 11.6 Å². The van der Waals surface area contributed by atoms with Gasteiger partial charge in [0.15, 0.2) is 0 Å². The van der Waals surface area contributed by atoms with Crippen LogP contribution in [-0.4, -0.2) is 33.0 Å². The van der Waals surface area contributed by atoms with E-state index in [1.54, 1.807) is 6.92 Å². The highest BCUT2D eigenvalue weighted by molar-refractivity contribution is 7.89. The quantitative estimate of drug-likeness (QED) is 0.469. The van der Waals surface area contributed by atoms with Gasteiger partial charge >= 0.3 is 5.97 Å². The van der Waals surface area contributed by atoms with Crippen molar-refractivity contribution in [1.82, 2.24) is 9.71 Å². The second-order valence-corrected chi connectivity index (χ2v) is 6.33. The van der Waals surface area contributed by atoms with Gasteiger partial charge in [0.05, 0.1) is 7.11 Å². The number of aryl methyl sites for hydroxylation is 1. The summed E-state index contributed by atoms with van der Waals surface area (Å²) in [5.74, 6) is -0.301. The number of sulfonamides is 1. The highest BCUT2D eigenvalue weighted by atomic mass is 35.5. The highest BCUT2D eigenvalue weighted by Gasteiger charge is 2.15. The van der Waals surface area contributed by atoms with Gasteiger partial charge in [-0.25, -0.2) is 18.1 Å². The first-order valence-electron chi connectivity index (χ1n) is 6.05. The van der Waals surface area contributed by atoms with E-state index in [0.29, 0.717) is 18.4 Å². The van der Waals surface area contributed by atoms with E-state index in [0.717, 1.165) is 0 Å². The third-order valence-electron chi connectivity index (χ3n) is 2.63. The van der Waals surface area contributed by atoms with Gasteiger partial charge in [0.1, 0.15) is 10.0 Å². The molecule has 0 saturated carbocycles. The molecule has 1 aromatic heterocycles. The summed E-state index contributed by atoms with van der Waals surface area (Å²) in [6.07, 6.45) is 2.60. The Morgan fingerprint density at radius 2 is 2.15 bits per heavy atom. The second-order valence-electron chi connectivity index (χ2n) is 4.21. The molecule has 0 spiro atoms. The normalized spacial score (nSPS) is 11.3.